The SMILES string of the molecule is O=C=C1N=C(Nc2ccc(OCCN3CCCC3)cc2)NN1. The first-order valence-electron chi connectivity index (χ1n) is 7.41. The van der Waals surface area contributed by atoms with E-state index in [9.17, 15) is 4.79 Å². The predicted octanol–water partition coefficient (Wildman–Crippen LogP) is 0.710. The molecule has 0 saturated carbocycles. The minimum Gasteiger partial charge on any atom is -0.492 e. The summed E-state index contributed by atoms with van der Waals surface area (Å²) in [5.41, 5.74) is 6.18. The van der Waals surface area contributed by atoms with Crippen LogP contribution in [0.4, 0.5) is 5.69 Å². The van der Waals surface area contributed by atoms with E-state index < -0.39 is 0 Å². The monoisotopic (exact) mass is 301 g/mol. The molecule has 2 aliphatic rings. The summed E-state index contributed by atoms with van der Waals surface area (Å²) in [6.45, 7) is 4.06. The van der Waals surface area contributed by atoms with Crippen LogP contribution in [0.15, 0.2) is 35.1 Å². The zero-order valence-corrected chi connectivity index (χ0v) is 12.3. The van der Waals surface area contributed by atoms with Crippen LogP contribution < -0.4 is 20.9 Å². The molecule has 0 bridgehead atoms. The summed E-state index contributed by atoms with van der Waals surface area (Å²) in [6.07, 6.45) is 2.60. The van der Waals surface area contributed by atoms with Crippen molar-refractivity contribution < 1.29 is 9.53 Å². The molecule has 22 heavy (non-hydrogen) atoms. The molecular formula is C15H19N5O2. The molecule has 3 rings (SSSR count). The number of nitrogens with one attached hydrogen (secondary N) is 3. The number of rotatable bonds is 5. The lowest BCUT2D eigenvalue weighted by atomic mass is 10.3. The van der Waals surface area contributed by atoms with E-state index in [0.29, 0.717) is 12.6 Å². The standard InChI is InChI=1S/C15H19N5O2/c21-11-14-17-15(19-18-14)16-12-3-5-13(6-4-12)22-10-9-20-7-1-2-8-20/h3-6,18H,1-2,7-10H2,(H2,16,17,19). The van der Waals surface area contributed by atoms with E-state index in [2.05, 4.69) is 26.1 Å². The number of guanidine groups is 1. The third-order valence-corrected chi connectivity index (χ3v) is 3.61. The molecule has 2 heterocycles. The summed E-state index contributed by atoms with van der Waals surface area (Å²) >= 11 is 0. The summed E-state index contributed by atoms with van der Waals surface area (Å²) in [5.74, 6) is 3.11. The highest BCUT2D eigenvalue weighted by Crippen LogP contribution is 2.16. The molecule has 0 aromatic heterocycles. The highest BCUT2D eigenvalue weighted by atomic mass is 16.5. The smallest absolute Gasteiger partial charge is 0.234 e. The summed E-state index contributed by atoms with van der Waals surface area (Å²) in [4.78, 5) is 16.8. The Hall–Kier alpha value is -2.50. The molecular weight excluding hydrogens is 282 g/mol. The molecule has 0 radical (unpaired) electrons. The van der Waals surface area contributed by atoms with Crippen molar-refractivity contribution in [2.45, 2.75) is 12.8 Å². The zero-order valence-electron chi connectivity index (χ0n) is 12.3. The molecule has 0 amide bonds. The first-order valence-corrected chi connectivity index (χ1v) is 7.41. The minimum absolute atomic E-state index is 0.129. The van der Waals surface area contributed by atoms with Gasteiger partial charge in [0.15, 0.2) is 5.94 Å². The van der Waals surface area contributed by atoms with Crippen molar-refractivity contribution in [1.29, 1.82) is 0 Å². The molecule has 0 atom stereocenters. The van der Waals surface area contributed by atoms with Gasteiger partial charge < -0.3 is 10.1 Å². The van der Waals surface area contributed by atoms with E-state index in [0.717, 1.165) is 18.0 Å². The van der Waals surface area contributed by atoms with Crippen molar-refractivity contribution in [3.8, 4) is 5.75 Å². The van der Waals surface area contributed by atoms with Crippen LogP contribution in [0.25, 0.3) is 0 Å². The fourth-order valence-electron chi connectivity index (χ4n) is 2.46. The van der Waals surface area contributed by atoms with Crippen LogP contribution in [0.1, 0.15) is 12.8 Å². The van der Waals surface area contributed by atoms with Crippen molar-refractivity contribution in [2.75, 3.05) is 31.6 Å². The normalized spacial score (nSPS) is 17.5. The van der Waals surface area contributed by atoms with Gasteiger partial charge in [-0.15, -0.1) is 0 Å². The third-order valence-electron chi connectivity index (χ3n) is 3.61. The van der Waals surface area contributed by atoms with Crippen molar-refractivity contribution in [3.05, 3.63) is 30.1 Å². The number of carbonyl (C=O) groups excluding carboxylic acids is 1. The van der Waals surface area contributed by atoms with Gasteiger partial charge in [0.05, 0.1) is 0 Å². The Bertz CT molecular complexity index is 586. The van der Waals surface area contributed by atoms with Gasteiger partial charge in [-0.1, -0.05) is 0 Å². The van der Waals surface area contributed by atoms with Gasteiger partial charge in [0.2, 0.25) is 11.8 Å². The fourth-order valence-corrected chi connectivity index (χ4v) is 2.46. The van der Waals surface area contributed by atoms with E-state index in [-0.39, 0.29) is 5.82 Å². The molecule has 0 unspecified atom stereocenters. The molecule has 7 nitrogen and oxygen atoms in total. The van der Waals surface area contributed by atoms with E-state index in [4.69, 9.17) is 4.74 Å². The first-order chi connectivity index (χ1) is 10.8. The summed E-state index contributed by atoms with van der Waals surface area (Å²) < 4.78 is 5.74. The molecule has 7 heteroatoms. The van der Waals surface area contributed by atoms with Crippen LogP contribution >= 0.6 is 0 Å². The average molecular weight is 301 g/mol. The average Bonchev–Trinajstić information content (AvgIpc) is 3.20. The maximum absolute atomic E-state index is 10.4. The quantitative estimate of drug-likeness (QED) is 0.695. The van der Waals surface area contributed by atoms with Crippen LogP contribution in [0, 0.1) is 0 Å². The van der Waals surface area contributed by atoms with Crippen LogP contribution in [-0.2, 0) is 4.79 Å². The number of hydrazine groups is 1. The van der Waals surface area contributed by atoms with Gasteiger partial charge in [0.25, 0.3) is 0 Å². The molecule has 0 spiro atoms. The van der Waals surface area contributed by atoms with E-state index in [1.807, 2.05) is 24.3 Å². The number of nitrogens with zero attached hydrogens (tertiary/aromatic N) is 2. The number of benzene rings is 1. The summed E-state index contributed by atoms with van der Waals surface area (Å²) in [7, 11) is 0. The molecule has 1 saturated heterocycles. The molecule has 1 fully saturated rings. The highest BCUT2D eigenvalue weighted by Gasteiger charge is 2.11. The zero-order chi connectivity index (χ0) is 15.2. The van der Waals surface area contributed by atoms with Crippen LogP contribution in [-0.4, -0.2) is 43.0 Å². The largest absolute Gasteiger partial charge is 0.492 e. The second-order valence-corrected chi connectivity index (χ2v) is 5.21. The topological polar surface area (TPSA) is 78.0 Å². The Balaban J connectivity index is 1.46. The molecule has 1 aromatic rings. The molecule has 3 N–H and O–H groups in total. The molecule has 1 aromatic carbocycles. The highest BCUT2D eigenvalue weighted by molar-refractivity contribution is 5.96. The Labute approximate surface area is 129 Å². The third kappa shape index (κ3) is 3.78. The summed E-state index contributed by atoms with van der Waals surface area (Å²) in [5, 5.41) is 3.05. The Morgan fingerprint density at radius 3 is 2.68 bits per heavy atom. The molecule has 2 aliphatic heterocycles. The van der Waals surface area contributed by atoms with E-state index in [1.54, 1.807) is 5.94 Å². The van der Waals surface area contributed by atoms with Crippen molar-refractivity contribution in [2.24, 2.45) is 4.99 Å². The number of aliphatic imine (C=N–C) groups is 1. The number of likely N-dealkylation sites (tertiary alicyclic amines) is 1. The van der Waals surface area contributed by atoms with Crippen LogP contribution in [0.2, 0.25) is 0 Å². The maximum atomic E-state index is 10.4. The first kappa shape index (κ1) is 14.4. The van der Waals surface area contributed by atoms with Gasteiger partial charge in [-0.2, -0.15) is 4.99 Å². The van der Waals surface area contributed by atoms with Gasteiger partial charge in [0.1, 0.15) is 12.4 Å². The van der Waals surface area contributed by atoms with Gasteiger partial charge in [0, 0.05) is 12.2 Å². The minimum atomic E-state index is 0.129. The number of hydrogen-bond donors (Lipinski definition) is 3. The van der Waals surface area contributed by atoms with Gasteiger partial charge in [-0.25, -0.2) is 4.79 Å². The maximum Gasteiger partial charge on any atom is 0.234 e. The number of ether oxygens (including phenoxy) is 1. The number of anilines is 1. The van der Waals surface area contributed by atoms with Gasteiger partial charge in [-0.05, 0) is 50.2 Å². The van der Waals surface area contributed by atoms with Gasteiger partial charge in [-0.3, -0.25) is 15.8 Å². The Kier molecular flexibility index (Phi) is 4.58. The van der Waals surface area contributed by atoms with E-state index in [1.165, 1.54) is 25.9 Å². The lowest BCUT2D eigenvalue weighted by molar-refractivity contribution is 0.238. The second-order valence-electron chi connectivity index (χ2n) is 5.21. The van der Waals surface area contributed by atoms with Crippen molar-refractivity contribution in [3.63, 3.8) is 0 Å². The van der Waals surface area contributed by atoms with Gasteiger partial charge >= 0.3 is 0 Å². The lowest BCUT2D eigenvalue weighted by Gasteiger charge is -2.15. The molecule has 116 valence electrons. The predicted molar refractivity (Wildman–Crippen MR) is 84.1 cm³/mol. The second kappa shape index (κ2) is 6.98. The lowest BCUT2D eigenvalue weighted by Crippen LogP contribution is -2.33. The van der Waals surface area contributed by atoms with Crippen LogP contribution in [0.5, 0.6) is 5.75 Å². The Morgan fingerprint density at radius 1 is 1.23 bits per heavy atom. The fraction of sp³-hybridized carbons (Fsp3) is 0.400. The molecule has 0 aliphatic carbocycles. The van der Waals surface area contributed by atoms with Crippen LogP contribution in [0.3, 0.4) is 0 Å². The number of hydrogen-bond acceptors (Lipinski definition) is 7. The summed E-state index contributed by atoms with van der Waals surface area (Å²) in [6, 6.07) is 7.62. The van der Waals surface area contributed by atoms with Crippen molar-refractivity contribution in [1.82, 2.24) is 15.8 Å². The van der Waals surface area contributed by atoms with Crippen molar-refractivity contribution >= 4 is 17.6 Å². The Morgan fingerprint density at radius 2 is 2.00 bits per heavy atom. The van der Waals surface area contributed by atoms with E-state index >= 15 is 0 Å².